The van der Waals surface area contributed by atoms with Gasteiger partial charge in [-0.25, -0.2) is 0 Å². The molecule has 0 aromatic rings. The van der Waals surface area contributed by atoms with Crippen molar-refractivity contribution in [2.24, 2.45) is 0 Å². The second kappa shape index (κ2) is 8.22. The molecule has 0 aromatic heterocycles. The Bertz CT molecular complexity index is 37.8. The maximum Gasteiger partial charge on any atom is 0.0200 e. The molecule has 0 aliphatic carbocycles. The van der Waals surface area contributed by atoms with Crippen LogP contribution in [0.15, 0.2) is 0 Å². The average molecular weight is 143 g/mol. The highest BCUT2D eigenvalue weighted by atomic mass is 28.2. The van der Waals surface area contributed by atoms with E-state index in [1.54, 1.807) is 0 Å². The lowest BCUT2D eigenvalue weighted by molar-refractivity contribution is 0.670. The molecule has 9 heavy (non-hydrogen) atoms. The highest BCUT2D eigenvalue weighted by Crippen LogP contribution is 2.02. The fraction of sp³-hybridized carbons (Fsp3) is 0.875. The zero-order chi connectivity index (χ0) is 6.95. The van der Waals surface area contributed by atoms with Crippen molar-refractivity contribution in [1.82, 2.24) is 0 Å². The molecule has 1 radical (unpaired) electrons. The topological polar surface area (TPSA) is 0 Å². The van der Waals surface area contributed by atoms with Crippen molar-refractivity contribution in [2.75, 3.05) is 0 Å². The molecule has 0 saturated carbocycles. The maximum atomic E-state index is 2.51. The van der Waals surface area contributed by atoms with E-state index in [0.29, 0.717) is 0 Å². The van der Waals surface area contributed by atoms with Gasteiger partial charge in [-0.3, -0.25) is 0 Å². The molecular weight excluding hydrogens is 124 g/mol. The van der Waals surface area contributed by atoms with E-state index in [2.05, 4.69) is 19.5 Å². The van der Waals surface area contributed by atoms with Gasteiger partial charge in [-0.15, -0.1) is 0 Å². The van der Waals surface area contributed by atoms with Crippen molar-refractivity contribution < 1.29 is 0 Å². The van der Waals surface area contributed by atoms with Crippen LogP contribution >= 0.6 is 0 Å². The van der Waals surface area contributed by atoms with Gasteiger partial charge >= 0.3 is 0 Å². The lowest BCUT2D eigenvalue weighted by Gasteiger charge is -1.95. The van der Waals surface area contributed by atoms with E-state index in [1.165, 1.54) is 32.1 Å². The van der Waals surface area contributed by atoms with Gasteiger partial charge in [0.25, 0.3) is 0 Å². The van der Waals surface area contributed by atoms with E-state index < -0.39 is 0 Å². The molecular formula is C8H19Si. The van der Waals surface area contributed by atoms with Gasteiger partial charge in [0.1, 0.15) is 0 Å². The van der Waals surface area contributed by atoms with Crippen LogP contribution in [-0.4, -0.2) is 9.52 Å². The van der Waals surface area contributed by atoms with Gasteiger partial charge in [-0.1, -0.05) is 51.6 Å². The first-order chi connectivity index (χ1) is 4.41. The lowest BCUT2D eigenvalue weighted by atomic mass is 10.2. The molecule has 55 valence electrons. The number of hydrogen-bond donors (Lipinski definition) is 0. The lowest BCUT2D eigenvalue weighted by Crippen LogP contribution is -1.84. The van der Waals surface area contributed by atoms with Crippen molar-refractivity contribution in [3.05, 3.63) is 6.04 Å². The van der Waals surface area contributed by atoms with Crippen LogP contribution < -0.4 is 0 Å². The predicted molar refractivity (Wildman–Crippen MR) is 47.5 cm³/mol. The van der Waals surface area contributed by atoms with Gasteiger partial charge in [-0.2, -0.15) is 0 Å². The van der Waals surface area contributed by atoms with E-state index in [1.807, 2.05) is 0 Å². The summed E-state index contributed by atoms with van der Waals surface area (Å²) in [4.78, 5) is 0. The minimum atomic E-state index is 0.255. The van der Waals surface area contributed by atoms with Crippen molar-refractivity contribution in [1.29, 1.82) is 0 Å². The molecule has 0 atom stereocenters. The first-order valence-corrected chi connectivity index (χ1v) is 6.46. The minimum Gasteiger partial charge on any atom is -0.0746 e. The summed E-state index contributed by atoms with van der Waals surface area (Å²) in [7, 11) is 0.255. The molecule has 0 bridgehead atoms. The molecule has 0 spiro atoms. The summed E-state index contributed by atoms with van der Waals surface area (Å²) in [5, 5.41) is 0. The van der Waals surface area contributed by atoms with Crippen LogP contribution in [-0.2, 0) is 0 Å². The Labute approximate surface area is 61.9 Å². The van der Waals surface area contributed by atoms with Gasteiger partial charge in [0, 0.05) is 9.52 Å². The molecule has 0 nitrogen and oxygen atoms in total. The third kappa shape index (κ3) is 8.22. The Hall–Kier alpha value is 0.217. The van der Waals surface area contributed by atoms with E-state index in [4.69, 9.17) is 0 Å². The van der Waals surface area contributed by atoms with E-state index in [0.717, 1.165) is 0 Å². The van der Waals surface area contributed by atoms with Gasteiger partial charge in [0.2, 0.25) is 0 Å². The van der Waals surface area contributed by atoms with Crippen molar-refractivity contribution >= 4 is 9.52 Å². The number of hydrogen-bond acceptors (Lipinski definition) is 0. The quantitative estimate of drug-likeness (QED) is 0.395. The van der Waals surface area contributed by atoms with E-state index >= 15 is 0 Å². The summed E-state index contributed by atoms with van der Waals surface area (Å²) in [6.45, 7) is 4.61. The maximum absolute atomic E-state index is 2.51. The summed E-state index contributed by atoms with van der Waals surface area (Å²) in [6, 6.07) is 2.51. The third-order valence-electron chi connectivity index (χ3n) is 1.55. The molecule has 1 heteroatoms. The number of rotatable bonds is 6. The number of unbranched alkanes of at least 4 members (excludes halogenated alkanes) is 4. The molecule has 0 aromatic carbocycles. The summed E-state index contributed by atoms with van der Waals surface area (Å²) in [6.07, 6.45) is 7.07. The van der Waals surface area contributed by atoms with Crippen LogP contribution in [0.1, 0.15) is 39.0 Å². The Morgan fingerprint density at radius 1 is 1.22 bits per heavy atom. The summed E-state index contributed by atoms with van der Waals surface area (Å²) >= 11 is 0. The smallest absolute Gasteiger partial charge is 0.0200 e. The predicted octanol–water partition coefficient (Wildman–Crippen LogP) is 2.34. The average Bonchev–Trinajstić information content (AvgIpc) is 1.89. The summed E-state index contributed by atoms with van der Waals surface area (Å²) in [5.74, 6) is 0. The first kappa shape index (κ1) is 9.22. The van der Waals surface area contributed by atoms with Crippen LogP contribution in [0.4, 0.5) is 0 Å². The Kier molecular flexibility index (Phi) is 8.41. The summed E-state index contributed by atoms with van der Waals surface area (Å²) < 4.78 is 0. The Morgan fingerprint density at radius 3 is 2.56 bits per heavy atom. The molecule has 0 unspecified atom stereocenters. The monoisotopic (exact) mass is 143 g/mol. The molecule has 0 amide bonds. The van der Waals surface area contributed by atoms with Crippen LogP contribution in [0.25, 0.3) is 0 Å². The van der Waals surface area contributed by atoms with E-state index in [9.17, 15) is 0 Å². The van der Waals surface area contributed by atoms with Crippen molar-refractivity contribution in [3.8, 4) is 0 Å². The SMILES string of the molecule is CCCCCC[CH][SiH2]C. The molecule has 0 saturated heterocycles. The zero-order valence-electron chi connectivity index (χ0n) is 6.82. The molecule has 0 aliphatic rings. The first-order valence-electron chi connectivity index (χ1n) is 4.23. The zero-order valence-corrected chi connectivity index (χ0v) is 8.23. The van der Waals surface area contributed by atoms with Gasteiger partial charge in [0.15, 0.2) is 0 Å². The van der Waals surface area contributed by atoms with Crippen LogP contribution in [0.5, 0.6) is 0 Å². The van der Waals surface area contributed by atoms with Crippen LogP contribution in [0.2, 0.25) is 6.55 Å². The largest absolute Gasteiger partial charge is 0.0746 e. The molecule has 0 heterocycles. The van der Waals surface area contributed by atoms with Crippen LogP contribution in [0, 0.1) is 6.04 Å². The van der Waals surface area contributed by atoms with Gasteiger partial charge in [-0.05, 0) is 0 Å². The van der Waals surface area contributed by atoms with Crippen molar-refractivity contribution in [3.63, 3.8) is 0 Å². The van der Waals surface area contributed by atoms with Gasteiger partial charge in [0.05, 0.1) is 0 Å². The van der Waals surface area contributed by atoms with Gasteiger partial charge < -0.3 is 0 Å². The van der Waals surface area contributed by atoms with E-state index in [-0.39, 0.29) is 9.52 Å². The highest BCUT2D eigenvalue weighted by Gasteiger charge is 1.86. The normalized spacial score (nSPS) is 11.3. The Morgan fingerprint density at radius 2 is 2.00 bits per heavy atom. The third-order valence-corrected chi connectivity index (χ3v) is 2.54. The standard InChI is InChI=1S/C8H19Si/c1-3-4-5-6-7-8-9-2/h8H,3-7,9H2,1-2H3. The second-order valence-corrected chi connectivity index (χ2v) is 3.94. The molecule has 0 fully saturated rings. The minimum absolute atomic E-state index is 0.255. The molecule has 0 rings (SSSR count). The molecule has 0 aliphatic heterocycles. The Balaban J connectivity index is 2.60. The highest BCUT2D eigenvalue weighted by molar-refractivity contribution is 6.38. The second-order valence-electron chi connectivity index (χ2n) is 2.55. The fourth-order valence-electron chi connectivity index (χ4n) is 0.920. The van der Waals surface area contributed by atoms with Crippen molar-refractivity contribution in [2.45, 2.75) is 45.6 Å². The van der Waals surface area contributed by atoms with Crippen LogP contribution in [0.3, 0.4) is 0 Å². The molecule has 0 N–H and O–H groups in total. The fourth-order valence-corrected chi connectivity index (χ4v) is 1.62. The summed E-state index contributed by atoms with van der Waals surface area (Å²) in [5.41, 5.74) is 0.